The molecule has 1 heterocycles. The van der Waals surface area contributed by atoms with Crippen LogP contribution < -0.4 is 9.64 Å². The minimum Gasteiger partial charge on any atom is -0.449 e. The highest BCUT2D eigenvalue weighted by atomic mass is 19.1. The molecule has 0 saturated carbocycles. The molecule has 0 fully saturated rings. The van der Waals surface area contributed by atoms with Crippen LogP contribution in [0.3, 0.4) is 0 Å². The Morgan fingerprint density at radius 1 is 1.16 bits per heavy atom. The Bertz CT molecular complexity index is 758. The van der Waals surface area contributed by atoms with Crippen LogP contribution in [0.5, 0.6) is 11.5 Å². The van der Waals surface area contributed by atoms with Crippen LogP contribution >= 0.6 is 0 Å². The lowest BCUT2D eigenvalue weighted by Gasteiger charge is -2.05. The molecule has 3 rings (SSSR count). The minimum absolute atomic E-state index is 0.140. The molecule has 3 aromatic rings. The fourth-order valence-corrected chi connectivity index (χ4v) is 1.63. The lowest BCUT2D eigenvalue weighted by molar-refractivity contribution is -0.782. The molecule has 19 heavy (non-hydrogen) atoms. The summed E-state index contributed by atoms with van der Waals surface area (Å²) in [5.74, 6) is -1.59. The van der Waals surface area contributed by atoms with Gasteiger partial charge in [0, 0.05) is 6.07 Å². The van der Waals surface area contributed by atoms with Crippen LogP contribution in [-0.2, 0) is 0 Å². The van der Waals surface area contributed by atoms with Gasteiger partial charge in [0.05, 0.1) is 5.16 Å². The summed E-state index contributed by atoms with van der Waals surface area (Å²) in [6.07, 6.45) is 0. The number of hydrogen-bond donors (Lipinski definition) is 0. The number of nitrogens with zero attached hydrogens (tertiary/aromatic N) is 2. The molecule has 0 aliphatic heterocycles. The van der Waals surface area contributed by atoms with Gasteiger partial charge in [-0.15, -0.1) is 0 Å². The molecule has 96 valence electrons. The number of benzene rings is 2. The van der Waals surface area contributed by atoms with Gasteiger partial charge in [0.25, 0.3) is 5.52 Å². The fourth-order valence-electron chi connectivity index (χ4n) is 1.63. The van der Waals surface area contributed by atoms with Crippen molar-refractivity contribution in [1.29, 1.82) is 0 Å². The highest BCUT2D eigenvalue weighted by Gasteiger charge is 2.16. The molecule has 0 bridgehead atoms. The summed E-state index contributed by atoms with van der Waals surface area (Å²) in [4.78, 5) is 0.212. The van der Waals surface area contributed by atoms with Crippen molar-refractivity contribution in [2.45, 2.75) is 0 Å². The highest BCUT2D eigenvalue weighted by molar-refractivity contribution is 5.78. The van der Waals surface area contributed by atoms with E-state index in [0.717, 1.165) is 12.1 Å². The molecule has 7 heteroatoms. The maximum Gasteiger partial charge on any atom is 0.290 e. The van der Waals surface area contributed by atoms with Crippen LogP contribution in [0.4, 0.5) is 8.78 Å². The molecule has 5 nitrogen and oxygen atoms in total. The molecule has 0 unspecified atom stereocenters. The molecule has 0 saturated heterocycles. The Balaban J connectivity index is 2.06. The maximum atomic E-state index is 13.5. The van der Waals surface area contributed by atoms with E-state index in [1.165, 1.54) is 18.2 Å². The summed E-state index contributed by atoms with van der Waals surface area (Å²) in [5, 5.41) is 14.7. The van der Waals surface area contributed by atoms with Gasteiger partial charge in [-0.2, -0.15) is 0 Å². The molecule has 0 aliphatic rings. The third-order valence-corrected chi connectivity index (χ3v) is 2.49. The van der Waals surface area contributed by atoms with Gasteiger partial charge in [-0.1, -0.05) is 6.07 Å². The minimum atomic E-state index is -0.851. The predicted molar refractivity (Wildman–Crippen MR) is 59.4 cm³/mol. The van der Waals surface area contributed by atoms with Gasteiger partial charge in [-0.05, 0) is 29.2 Å². The van der Waals surface area contributed by atoms with Crippen LogP contribution in [0.1, 0.15) is 0 Å². The van der Waals surface area contributed by atoms with Crippen molar-refractivity contribution in [2.75, 3.05) is 0 Å². The molecular weight excluding hydrogens is 258 g/mol. The highest BCUT2D eigenvalue weighted by Crippen LogP contribution is 2.29. The van der Waals surface area contributed by atoms with Crippen LogP contribution in [0.2, 0.25) is 0 Å². The van der Waals surface area contributed by atoms with Crippen LogP contribution in [0.15, 0.2) is 41.0 Å². The average molecular weight is 264 g/mol. The number of halogens is 2. The molecule has 1 aromatic heterocycles. The van der Waals surface area contributed by atoms with Gasteiger partial charge in [-0.25, -0.2) is 8.78 Å². The van der Waals surface area contributed by atoms with E-state index in [-0.39, 0.29) is 27.4 Å². The number of aromatic nitrogens is 2. The number of fused-ring (bicyclic) bond motifs is 1. The molecule has 2 aromatic carbocycles. The van der Waals surface area contributed by atoms with E-state index >= 15 is 0 Å². The zero-order valence-electron chi connectivity index (χ0n) is 9.34. The van der Waals surface area contributed by atoms with E-state index in [0.29, 0.717) is 6.07 Å². The first-order valence-corrected chi connectivity index (χ1v) is 5.26. The van der Waals surface area contributed by atoms with Crippen molar-refractivity contribution < 1.29 is 23.0 Å². The van der Waals surface area contributed by atoms with Crippen LogP contribution in [0.25, 0.3) is 11.0 Å². The smallest absolute Gasteiger partial charge is 0.290 e. The quantitative estimate of drug-likeness (QED) is 0.667. The van der Waals surface area contributed by atoms with Gasteiger partial charge in [0.1, 0.15) is 5.82 Å². The topological polar surface area (TPSA) is 62.2 Å². The zero-order chi connectivity index (χ0) is 13.4. The SMILES string of the molecule is [O-][n+]1onc2c(Oc3ccc(F)cc3F)cccc21. The molecule has 0 atom stereocenters. The average Bonchev–Trinajstić information content (AvgIpc) is 2.76. The predicted octanol–water partition coefficient (Wildman–Crippen LogP) is 2.53. The fraction of sp³-hybridized carbons (Fsp3) is 0. The maximum absolute atomic E-state index is 13.5. The Kier molecular flexibility index (Phi) is 2.52. The normalized spacial score (nSPS) is 10.8. The van der Waals surface area contributed by atoms with E-state index in [9.17, 15) is 14.0 Å². The molecule has 0 amide bonds. The summed E-state index contributed by atoms with van der Waals surface area (Å²) >= 11 is 0. The Labute approximate surface area is 105 Å². The Hall–Kier alpha value is -2.70. The lowest BCUT2D eigenvalue weighted by Crippen LogP contribution is -2.22. The third kappa shape index (κ3) is 1.95. The Morgan fingerprint density at radius 3 is 2.79 bits per heavy atom. The standard InChI is InChI=1S/C12H6F2N2O3/c13-7-4-5-10(8(14)6-7)18-11-3-1-2-9-12(11)15-19-16(9)17/h1-6H. The first-order chi connectivity index (χ1) is 9.15. The molecule has 0 radical (unpaired) electrons. The molecule has 0 N–H and O–H groups in total. The first-order valence-electron chi connectivity index (χ1n) is 5.26. The number of ether oxygens (including phenoxy) is 1. The summed E-state index contributed by atoms with van der Waals surface area (Å²) < 4.78 is 35.9. The van der Waals surface area contributed by atoms with Crippen molar-refractivity contribution in [1.82, 2.24) is 5.16 Å². The Morgan fingerprint density at radius 2 is 2.00 bits per heavy atom. The molecular formula is C12H6F2N2O3. The van der Waals surface area contributed by atoms with Crippen molar-refractivity contribution >= 4 is 11.0 Å². The monoisotopic (exact) mass is 264 g/mol. The van der Waals surface area contributed by atoms with E-state index < -0.39 is 11.6 Å². The lowest BCUT2D eigenvalue weighted by atomic mass is 10.3. The van der Waals surface area contributed by atoms with Crippen molar-refractivity contribution in [3.8, 4) is 11.5 Å². The van der Waals surface area contributed by atoms with Gasteiger partial charge in [0.15, 0.2) is 17.3 Å². The summed E-state index contributed by atoms with van der Waals surface area (Å²) in [6.45, 7) is 0. The second-order valence-electron chi connectivity index (χ2n) is 3.73. The van der Waals surface area contributed by atoms with Gasteiger partial charge in [0.2, 0.25) is 5.52 Å². The van der Waals surface area contributed by atoms with Crippen molar-refractivity contribution in [2.24, 2.45) is 0 Å². The van der Waals surface area contributed by atoms with Gasteiger partial charge in [-0.3, -0.25) is 4.63 Å². The number of hydrogen-bond acceptors (Lipinski definition) is 4. The van der Waals surface area contributed by atoms with Gasteiger partial charge >= 0.3 is 0 Å². The third-order valence-electron chi connectivity index (χ3n) is 2.49. The summed E-state index contributed by atoms with van der Waals surface area (Å²) in [6, 6.07) is 7.42. The van der Waals surface area contributed by atoms with E-state index in [1.54, 1.807) is 0 Å². The number of rotatable bonds is 2. The summed E-state index contributed by atoms with van der Waals surface area (Å²) in [7, 11) is 0. The van der Waals surface area contributed by atoms with E-state index in [2.05, 4.69) is 9.79 Å². The van der Waals surface area contributed by atoms with E-state index in [1.807, 2.05) is 0 Å². The first kappa shape index (κ1) is 11.4. The van der Waals surface area contributed by atoms with Crippen molar-refractivity contribution in [3.63, 3.8) is 0 Å². The zero-order valence-corrected chi connectivity index (χ0v) is 9.34. The molecule has 0 aliphatic carbocycles. The van der Waals surface area contributed by atoms with E-state index in [4.69, 9.17) is 4.74 Å². The summed E-state index contributed by atoms with van der Waals surface area (Å²) in [5.41, 5.74) is 0.307. The van der Waals surface area contributed by atoms with Crippen LogP contribution in [-0.4, -0.2) is 5.16 Å². The second-order valence-corrected chi connectivity index (χ2v) is 3.73. The largest absolute Gasteiger partial charge is 0.449 e. The molecule has 0 spiro atoms. The van der Waals surface area contributed by atoms with Crippen LogP contribution in [0, 0.1) is 16.8 Å². The van der Waals surface area contributed by atoms with Gasteiger partial charge < -0.3 is 9.94 Å². The van der Waals surface area contributed by atoms with Crippen molar-refractivity contribution in [3.05, 3.63) is 53.2 Å². The second kappa shape index (κ2) is 4.20.